The predicted octanol–water partition coefficient (Wildman–Crippen LogP) is 1.65. The summed E-state index contributed by atoms with van der Waals surface area (Å²) in [4.78, 5) is 8.21. The van der Waals surface area contributed by atoms with Crippen LogP contribution < -0.4 is 10.5 Å². The average Bonchev–Trinajstić information content (AvgIpc) is 2.78. The average molecular weight is 233 g/mol. The van der Waals surface area contributed by atoms with E-state index in [-0.39, 0.29) is 12.1 Å². The van der Waals surface area contributed by atoms with Crippen molar-refractivity contribution in [3.63, 3.8) is 0 Å². The maximum atomic E-state index is 5.92. The number of rotatable bonds is 2. The number of nitrogens with one attached hydrogen (secondary N) is 1. The minimum atomic E-state index is 0.215. The minimum Gasteiger partial charge on any atom is -0.474 e. The number of nitrogen functional groups attached to an aromatic ring is 1. The Hall–Kier alpha value is -1.85. The highest BCUT2D eigenvalue weighted by Gasteiger charge is 2.18. The SMILES string of the molecule is Nc1nc(OC2CCCCC2)c2cn[nH]c2n1. The van der Waals surface area contributed by atoms with Crippen molar-refractivity contribution in [1.29, 1.82) is 0 Å². The monoisotopic (exact) mass is 233 g/mol. The van der Waals surface area contributed by atoms with Crippen molar-refractivity contribution in [2.75, 3.05) is 5.73 Å². The van der Waals surface area contributed by atoms with Crippen LogP contribution in [0.4, 0.5) is 5.95 Å². The Balaban J connectivity index is 1.90. The molecule has 2 heterocycles. The molecule has 17 heavy (non-hydrogen) atoms. The van der Waals surface area contributed by atoms with Crippen molar-refractivity contribution < 1.29 is 4.74 Å². The Morgan fingerprint density at radius 1 is 1.24 bits per heavy atom. The van der Waals surface area contributed by atoms with Gasteiger partial charge in [0.1, 0.15) is 11.5 Å². The third kappa shape index (κ3) is 2.02. The number of fused-ring (bicyclic) bond motifs is 1. The number of H-pyrrole nitrogens is 1. The number of hydrogen-bond acceptors (Lipinski definition) is 5. The second-order valence-electron chi connectivity index (χ2n) is 4.40. The zero-order valence-corrected chi connectivity index (χ0v) is 9.52. The van der Waals surface area contributed by atoms with Gasteiger partial charge in [0.15, 0.2) is 5.65 Å². The number of aromatic amines is 1. The van der Waals surface area contributed by atoms with E-state index in [0.29, 0.717) is 11.5 Å². The predicted molar refractivity (Wildman–Crippen MR) is 63.6 cm³/mol. The lowest BCUT2D eigenvalue weighted by Gasteiger charge is -2.22. The molecule has 2 aromatic heterocycles. The van der Waals surface area contributed by atoms with Gasteiger partial charge in [-0.15, -0.1) is 0 Å². The first-order valence-electron chi connectivity index (χ1n) is 5.96. The van der Waals surface area contributed by atoms with E-state index >= 15 is 0 Å². The molecule has 0 aliphatic heterocycles. The van der Waals surface area contributed by atoms with Crippen LogP contribution in [0.3, 0.4) is 0 Å². The van der Waals surface area contributed by atoms with Crippen molar-refractivity contribution in [1.82, 2.24) is 20.2 Å². The molecule has 0 saturated heterocycles. The molecule has 1 fully saturated rings. The first-order valence-corrected chi connectivity index (χ1v) is 5.96. The van der Waals surface area contributed by atoms with Gasteiger partial charge < -0.3 is 10.5 Å². The molecule has 6 heteroatoms. The summed E-state index contributed by atoms with van der Waals surface area (Å²) in [7, 11) is 0. The largest absolute Gasteiger partial charge is 0.474 e. The fourth-order valence-corrected chi connectivity index (χ4v) is 2.26. The molecule has 2 aromatic rings. The van der Waals surface area contributed by atoms with Gasteiger partial charge in [0.05, 0.1) is 6.20 Å². The van der Waals surface area contributed by atoms with Crippen LogP contribution in [0, 0.1) is 0 Å². The Bertz CT molecular complexity index is 518. The molecular formula is C11H15N5O. The van der Waals surface area contributed by atoms with Gasteiger partial charge in [0.2, 0.25) is 11.8 Å². The van der Waals surface area contributed by atoms with Gasteiger partial charge in [-0.25, -0.2) is 0 Å². The molecule has 90 valence electrons. The topological polar surface area (TPSA) is 89.7 Å². The maximum absolute atomic E-state index is 5.92. The third-order valence-corrected chi connectivity index (χ3v) is 3.12. The smallest absolute Gasteiger partial charge is 0.229 e. The number of anilines is 1. The number of nitrogens with zero attached hydrogens (tertiary/aromatic N) is 3. The Morgan fingerprint density at radius 2 is 2.06 bits per heavy atom. The lowest BCUT2D eigenvalue weighted by atomic mass is 9.98. The van der Waals surface area contributed by atoms with Gasteiger partial charge >= 0.3 is 0 Å². The van der Waals surface area contributed by atoms with Crippen molar-refractivity contribution in [3.8, 4) is 5.88 Å². The summed E-state index contributed by atoms with van der Waals surface area (Å²) in [5, 5.41) is 7.51. The van der Waals surface area contributed by atoms with Gasteiger partial charge in [-0.2, -0.15) is 15.1 Å². The fraction of sp³-hybridized carbons (Fsp3) is 0.545. The fourth-order valence-electron chi connectivity index (χ4n) is 2.26. The third-order valence-electron chi connectivity index (χ3n) is 3.12. The van der Waals surface area contributed by atoms with E-state index in [1.165, 1.54) is 19.3 Å². The van der Waals surface area contributed by atoms with Crippen LogP contribution in [0.15, 0.2) is 6.20 Å². The molecule has 0 spiro atoms. The lowest BCUT2D eigenvalue weighted by molar-refractivity contribution is 0.151. The van der Waals surface area contributed by atoms with Crippen molar-refractivity contribution in [3.05, 3.63) is 6.20 Å². The Morgan fingerprint density at radius 3 is 2.88 bits per heavy atom. The highest BCUT2D eigenvalue weighted by molar-refractivity contribution is 5.80. The standard InChI is InChI=1S/C11H15N5O/c12-11-14-9-8(6-13-16-9)10(15-11)17-7-4-2-1-3-5-7/h6-7H,1-5H2,(H3,12,13,14,15,16). The molecule has 0 atom stereocenters. The molecule has 0 radical (unpaired) electrons. The van der Waals surface area contributed by atoms with Crippen LogP contribution in [-0.4, -0.2) is 26.3 Å². The van der Waals surface area contributed by atoms with Crippen LogP contribution >= 0.6 is 0 Å². The lowest BCUT2D eigenvalue weighted by Crippen LogP contribution is -2.20. The van der Waals surface area contributed by atoms with Crippen molar-refractivity contribution in [2.45, 2.75) is 38.2 Å². The van der Waals surface area contributed by atoms with Gasteiger partial charge in [-0.1, -0.05) is 6.42 Å². The zero-order chi connectivity index (χ0) is 11.7. The first kappa shape index (κ1) is 10.3. The quantitative estimate of drug-likeness (QED) is 0.823. The summed E-state index contributed by atoms with van der Waals surface area (Å²) in [5.41, 5.74) is 6.27. The van der Waals surface area contributed by atoms with Crippen LogP contribution in [0.1, 0.15) is 32.1 Å². The molecule has 0 unspecified atom stereocenters. The number of ether oxygens (including phenoxy) is 1. The summed E-state index contributed by atoms with van der Waals surface area (Å²) in [6.07, 6.45) is 7.84. The summed E-state index contributed by atoms with van der Waals surface area (Å²) in [6.45, 7) is 0. The zero-order valence-electron chi connectivity index (χ0n) is 9.52. The van der Waals surface area contributed by atoms with Gasteiger partial charge in [0, 0.05) is 0 Å². The summed E-state index contributed by atoms with van der Waals surface area (Å²) >= 11 is 0. The first-order chi connectivity index (χ1) is 8.33. The summed E-state index contributed by atoms with van der Waals surface area (Å²) < 4.78 is 5.92. The summed E-state index contributed by atoms with van der Waals surface area (Å²) in [6, 6.07) is 0. The van der Waals surface area contributed by atoms with E-state index in [9.17, 15) is 0 Å². The Labute approximate surface area is 98.6 Å². The van der Waals surface area contributed by atoms with Crippen LogP contribution in [0.2, 0.25) is 0 Å². The molecule has 1 saturated carbocycles. The van der Waals surface area contributed by atoms with Gasteiger partial charge in [-0.05, 0) is 25.7 Å². The van der Waals surface area contributed by atoms with E-state index in [4.69, 9.17) is 10.5 Å². The van der Waals surface area contributed by atoms with Gasteiger partial charge in [0.25, 0.3) is 0 Å². The molecule has 0 amide bonds. The van der Waals surface area contributed by atoms with Crippen molar-refractivity contribution >= 4 is 17.0 Å². The van der Waals surface area contributed by atoms with E-state index in [0.717, 1.165) is 18.2 Å². The highest BCUT2D eigenvalue weighted by atomic mass is 16.5. The van der Waals surface area contributed by atoms with Crippen LogP contribution in [-0.2, 0) is 0 Å². The summed E-state index contributed by atoms with van der Waals surface area (Å²) in [5.74, 6) is 0.765. The second kappa shape index (κ2) is 4.20. The highest BCUT2D eigenvalue weighted by Crippen LogP contribution is 2.26. The normalized spacial score (nSPS) is 17.4. The van der Waals surface area contributed by atoms with Crippen molar-refractivity contribution in [2.24, 2.45) is 0 Å². The molecular weight excluding hydrogens is 218 g/mol. The maximum Gasteiger partial charge on any atom is 0.229 e. The van der Waals surface area contributed by atoms with Crippen LogP contribution in [0.25, 0.3) is 11.0 Å². The van der Waals surface area contributed by atoms with E-state index in [1.807, 2.05) is 0 Å². The van der Waals surface area contributed by atoms with Gasteiger partial charge in [-0.3, -0.25) is 5.10 Å². The molecule has 1 aliphatic carbocycles. The number of aromatic nitrogens is 4. The Kier molecular flexibility index (Phi) is 2.55. The van der Waals surface area contributed by atoms with E-state index in [2.05, 4.69) is 20.2 Å². The van der Waals surface area contributed by atoms with Crippen LogP contribution in [0.5, 0.6) is 5.88 Å². The molecule has 0 aromatic carbocycles. The molecule has 6 nitrogen and oxygen atoms in total. The van der Waals surface area contributed by atoms with E-state index in [1.54, 1.807) is 6.20 Å². The molecule has 0 bridgehead atoms. The number of nitrogens with two attached hydrogens (primary N) is 1. The second-order valence-corrected chi connectivity index (χ2v) is 4.40. The molecule has 1 aliphatic rings. The molecule has 3 N–H and O–H groups in total. The van der Waals surface area contributed by atoms with E-state index < -0.39 is 0 Å². The number of hydrogen-bond donors (Lipinski definition) is 2. The molecule has 3 rings (SSSR count). The minimum absolute atomic E-state index is 0.215.